The van der Waals surface area contributed by atoms with Crippen LogP contribution in [-0.4, -0.2) is 77.1 Å². The highest BCUT2D eigenvalue weighted by molar-refractivity contribution is 7.93. The molecular weight excluding hydrogens is 1560 g/mol. The first-order valence-corrected chi connectivity index (χ1v) is 40.5. The fourth-order valence-corrected chi connectivity index (χ4v) is 16.2. The molecule has 112 heavy (non-hydrogen) atoms. The Morgan fingerprint density at radius 1 is 0.321 bits per heavy atom. The normalized spacial score (nSPS) is 13.1. The molecule has 0 fully saturated rings. The van der Waals surface area contributed by atoms with Gasteiger partial charge in [-0.3, -0.25) is 58.0 Å². The van der Waals surface area contributed by atoms with Gasteiger partial charge >= 0.3 is 11.9 Å². The zero-order chi connectivity index (χ0) is 78.9. The fraction of sp³-hybridized carbons (Fsp3) is 0.100. The highest BCUT2D eigenvalue weighted by Gasteiger charge is 2.30. The number of hydrogen-bond donors (Lipinski definition) is 4. The highest BCUT2D eigenvalue weighted by Crippen LogP contribution is 2.41. The van der Waals surface area contributed by atoms with Crippen LogP contribution in [-0.2, 0) is 97.8 Å². The van der Waals surface area contributed by atoms with Crippen molar-refractivity contribution >= 4 is 110 Å². The summed E-state index contributed by atoms with van der Waals surface area (Å²) in [5.41, 5.74) is 6.78. The van der Waals surface area contributed by atoms with E-state index in [0.29, 0.717) is 127 Å². The van der Waals surface area contributed by atoms with Gasteiger partial charge in [-0.1, -0.05) is 83.9 Å². The molecule has 0 spiro atoms. The smallest absolute Gasteiger partial charge is 0.317 e. The van der Waals surface area contributed by atoms with E-state index in [1.807, 2.05) is 0 Å². The Labute approximate surface area is 652 Å². The van der Waals surface area contributed by atoms with E-state index in [9.17, 15) is 52.8 Å². The molecule has 6 heterocycles. The second-order valence-corrected chi connectivity index (χ2v) is 32.7. The first kappa shape index (κ1) is 77.6. The van der Waals surface area contributed by atoms with Gasteiger partial charge in [-0.15, -0.1) is 0 Å². The number of halogens is 2. The Hall–Kier alpha value is -12.6. The molecule has 0 bridgehead atoms. The van der Waals surface area contributed by atoms with Crippen LogP contribution in [0.25, 0.3) is 0 Å². The molecule has 0 unspecified atom stereocenters. The quantitative estimate of drug-likeness (QED) is 0.0515. The van der Waals surface area contributed by atoms with Crippen LogP contribution >= 0.6 is 23.2 Å². The molecule has 4 aliphatic rings. The van der Waals surface area contributed by atoms with Crippen molar-refractivity contribution in [2.75, 3.05) is 18.9 Å². The van der Waals surface area contributed by atoms with Gasteiger partial charge in [0.1, 0.15) is 46.1 Å². The third kappa shape index (κ3) is 19.2. The zero-order valence-corrected chi connectivity index (χ0v) is 63.6. The summed E-state index contributed by atoms with van der Waals surface area (Å²) in [6.07, 6.45) is 7.67. The number of Topliss-reactive ketones (excluding diaryl/α,β-unsaturated/α-hetero) is 2. The number of rotatable bonds is 20. The number of carbonyl (C=O) groups is 4. The number of esters is 2. The summed E-state index contributed by atoms with van der Waals surface area (Å²) in [7, 11) is -15.0. The maximum atomic E-state index is 12.7. The number of anilines is 4. The van der Waals surface area contributed by atoms with Crippen LogP contribution in [0.2, 0.25) is 10.0 Å². The molecule has 568 valence electrons. The molecule has 2 aliphatic heterocycles. The molecule has 26 nitrogen and oxygen atoms in total. The van der Waals surface area contributed by atoms with Crippen molar-refractivity contribution in [1.29, 1.82) is 0 Å². The number of aryl methyl sites for hydroxylation is 2. The average molecular weight is 1620 g/mol. The third-order valence-electron chi connectivity index (χ3n) is 16.9. The molecule has 12 aromatic rings. The molecule has 0 amide bonds. The van der Waals surface area contributed by atoms with Gasteiger partial charge in [0.25, 0.3) is 40.1 Å². The lowest BCUT2D eigenvalue weighted by Gasteiger charge is -2.12. The van der Waals surface area contributed by atoms with Crippen LogP contribution in [0.3, 0.4) is 0 Å². The van der Waals surface area contributed by atoms with Crippen LogP contribution in [0.1, 0.15) is 45.0 Å². The van der Waals surface area contributed by atoms with Crippen molar-refractivity contribution in [2.24, 2.45) is 0 Å². The maximum Gasteiger partial charge on any atom is 0.317 e. The van der Waals surface area contributed by atoms with E-state index >= 15 is 0 Å². The average Bonchev–Trinajstić information content (AvgIpc) is 1.54. The Morgan fingerprint density at radius 3 is 0.955 bits per heavy atom. The van der Waals surface area contributed by atoms with Crippen molar-refractivity contribution < 1.29 is 81.3 Å². The number of pyridine rings is 4. The SMILES string of the molecule is Cc1cc(S(=O)(=O)Nc2cccc(Oc3ccnc4c3CC(=O)C4)c2)ccc1Cl.Cc1cc(S(=O)(=O)Nc2cccc(Oc3ccnc4c3OC(=O)C4)c2)ccc1Cl.O=C1Cc2nccc(Oc3cccc(NS(=O)(=O)c4ccccc4)c3)c2C1.O=C1Cc2nccc(Oc3cccc(NS(=O)(=O)c4ccccc4)c3)c2O1. The number of nitrogens with one attached hydrogen (secondary N) is 4. The maximum absolute atomic E-state index is 12.7. The number of nitrogens with zero attached hydrogens (tertiary/aromatic N) is 4. The van der Waals surface area contributed by atoms with E-state index in [0.717, 1.165) is 22.5 Å². The molecule has 8 aromatic carbocycles. The number of ether oxygens (including phenoxy) is 6. The molecule has 4 aromatic heterocycles. The minimum atomic E-state index is -3.80. The van der Waals surface area contributed by atoms with Gasteiger partial charge in [-0.05, 0) is 146 Å². The number of ketones is 2. The molecule has 32 heteroatoms. The molecule has 16 rings (SSSR count). The van der Waals surface area contributed by atoms with Crippen molar-refractivity contribution in [3.05, 3.63) is 298 Å². The minimum Gasteiger partial charge on any atom is -0.457 e. The van der Waals surface area contributed by atoms with Gasteiger partial charge in [-0.25, -0.2) is 33.7 Å². The Kier molecular flexibility index (Phi) is 23.1. The van der Waals surface area contributed by atoms with E-state index in [2.05, 4.69) is 38.8 Å². The largest absolute Gasteiger partial charge is 0.457 e. The van der Waals surface area contributed by atoms with Crippen molar-refractivity contribution in [1.82, 2.24) is 19.9 Å². The number of aromatic nitrogens is 4. The Bertz CT molecular complexity index is 5800. The number of hydrogen-bond acceptors (Lipinski definition) is 22. The van der Waals surface area contributed by atoms with Crippen LogP contribution in [0.4, 0.5) is 22.7 Å². The second kappa shape index (κ2) is 33.3. The Balaban J connectivity index is 0.000000131. The van der Waals surface area contributed by atoms with Crippen molar-refractivity contribution in [2.45, 2.75) is 72.0 Å². The number of carbonyl (C=O) groups excluding carboxylic acids is 4. The molecule has 0 saturated heterocycles. The third-order valence-corrected chi connectivity index (χ3v) is 23.3. The van der Waals surface area contributed by atoms with Crippen LogP contribution in [0.5, 0.6) is 57.5 Å². The predicted octanol–water partition coefficient (Wildman–Crippen LogP) is 14.9. The summed E-state index contributed by atoms with van der Waals surface area (Å²) < 4.78 is 144. The molecule has 0 radical (unpaired) electrons. The van der Waals surface area contributed by atoms with E-state index in [4.69, 9.17) is 51.6 Å². The van der Waals surface area contributed by atoms with Gasteiger partial charge < -0.3 is 28.4 Å². The standard InChI is InChI=1S/C21H17ClN2O4S.C20H15ClN2O5S.C20H16N2O4S.C19H14N2O5S/c1-13-9-17(5-6-19(13)22)29(26,27)24-14-3-2-4-16(10-14)28-21-7-8-23-20-12-15(25)11-18(20)21;1-12-9-15(5-6-16(12)21)29(25,26)23-13-3-2-4-14(10-13)27-18-7-8-22-17-11-19(24)28-20(17)18;23-15-12-18-19(13-15)21-10-9-20(18)26-16-6-4-5-14(11-16)22-27(24,25)17-7-2-1-3-8-17;22-18-12-16-19(26-18)17(9-10-20-16)25-14-6-4-5-13(11-14)21-27(23,24)15-7-2-1-3-8-15/h2-10,24H,11-12H2,1H3;2-10,23H,11H2,1H3;1-11,22H,12-13H2;1-11,21H,12H2. The van der Waals surface area contributed by atoms with Crippen LogP contribution in [0.15, 0.2) is 263 Å². The minimum absolute atomic E-state index is 0.0902. The molecular formula is C80H62Cl2N8O18S4. The van der Waals surface area contributed by atoms with E-state index in [1.54, 1.807) is 184 Å². The fourth-order valence-electron chi connectivity index (χ4n) is 11.6. The van der Waals surface area contributed by atoms with Crippen LogP contribution in [0, 0.1) is 13.8 Å². The molecule has 4 N–H and O–H groups in total. The molecule has 0 saturated carbocycles. The molecule has 0 atom stereocenters. The van der Waals surface area contributed by atoms with E-state index in [-0.39, 0.29) is 55.5 Å². The summed E-state index contributed by atoms with van der Waals surface area (Å²) in [5.74, 6) is 3.45. The number of fused-ring (bicyclic) bond motifs is 4. The Morgan fingerprint density at radius 2 is 0.625 bits per heavy atom. The summed E-state index contributed by atoms with van der Waals surface area (Å²) in [6.45, 7) is 3.48. The summed E-state index contributed by atoms with van der Waals surface area (Å²) in [5, 5.41) is 0.993. The first-order chi connectivity index (χ1) is 53.6. The van der Waals surface area contributed by atoms with Crippen LogP contribution < -0.4 is 47.3 Å². The van der Waals surface area contributed by atoms with Crippen molar-refractivity contribution in [3.63, 3.8) is 0 Å². The van der Waals surface area contributed by atoms with Gasteiger partial charge in [0, 0.05) is 108 Å². The predicted molar refractivity (Wildman–Crippen MR) is 415 cm³/mol. The van der Waals surface area contributed by atoms with Gasteiger partial charge in [0.15, 0.2) is 23.0 Å². The zero-order valence-electron chi connectivity index (χ0n) is 58.9. The highest BCUT2D eigenvalue weighted by atomic mass is 35.5. The first-order valence-electron chi connectivity index (χ1n) is 33.9. The number of benzene rings is 8. The topological polar surface area (TPSA) is 360 Å². The lowest BCUT2D eigenvalue weighted by atomic mass is 10.2. The monoisotopic (exact) mass is 1620 g/mol. The van der Waals surface area contributed by atoms with Gasteiger partial charge in [0.05, 0.1) is 77.9 Å². The molecule has 2 aliphatic carbocycles. The number of sulfonamides is 4. The lowest BCUT2D eigenvalue weighted by Crippen LogP contribution is -2.13. The van der Waals surface area contributed by atoms with Gasteiger partial charge in [-0.2, -0.15) is 0 Å². The lowest BCUT2D eigenvalue weighted by molar-refractivity contribution is -0.132. The summed E-state index contributed by atoms with van der Waals surface area (Å²) >= 11 is 12.0. The van der Waals surface area contributed by atoms with Gasteiger partial charge in [0.2, 0.25) is 0 Å². The van der Waals surface area contributed by atoms with Crippen molar-refractivity contribution in [3.8, 4) is 57.5 Å². The van der Waals surface area contributed by atoms with E-state index < -0.39 is 52.0 Å². The second-order valence-electron chi connectivity index (χ2n) is 25.1. The summed E-state index contributed by atoms with van der Waals surface area (Å²) in [6, 6.07) is 58.0. The van der Waals surface area contributed by atoms with E-state index in [1.165, 1.54) is 73.1 Å². The summed E-state index contributed by atoms with van der Waals surface area (Å²) in [4.78, 5) is 63.5.